The maximum Gasteiger partial charge on any atom is 0.228 e. The number of carbonyl (C=O) groups excluding carboxylic acids is 1. The highest BCUT2D eigenvalue weighted by Gasteiger charge is 2.16. The molecule has 0 saturated carbocycles. The van der Waals surface area contributed by atoms with Crippen LogP contribution in [0.15, 0.2) is 30.5 Å². The van der Waals surface area contributed by atoms with Crippen molar-refractivity contribution in [2.75, 3.05) is 0 Å². The molecule has 96 valence electrons. The fraction of sp³-hybridized carbons (Fsp3) is 0.214. The van der Waals surface area contributed by atoms with E-state index in [-0.39, 0.29) is 5.78 Å². The van der Waals surface area contributed by atoms with Crippen molar-refractivity contribution in [3.8, 4) is 6.07 Å². The molecular weight excluding hydrogens is 262 g/mol. The van der Waals surface area contributed by atoms with Crippen molar-refractivity contribution >= 4 is 17.4 Å². The lowest BCUT2D eigenvalue weighted by Crippen LogP contribution is -2.11. The minimum atomic E-state index is -0.164. The van der Waals surface area contributed by atoms with Crippen LogP contribution in [0.5, 0.6) is 0 Å². The molecular formula is C14H12ClN3O. The summed E-state index contributed by atoms with van der Waals surface area (Å²) in [7, 11) is 0. The molecule has 0 fully saturated rings. The van der Waals surface area contributed by atoms with Gasteiger partial charge in [-0.3, -0.25) is 4.79 Å². The van der Waals surface area contributed by atoms with Gasteiger partial charge in [-0.05, 0) is 31.2 Å². The van der Waals surface area contributed by atoms with Crippen LogP contribution in [0.1, 0.15) is 28.3 Å². The van der Waals surface area contributed by atoms with Crippen molar-refractivity contribution < 1.29 is 4.79 Å². The summed E-state index contributed by atoms with van der Waals surface area (Å²) in [5, 5.41) is 9.21. The van der Waals surface area contributed by atoms with Crippen LogP contribution < -0.4 is 0 Å². The van der Waals surface area contributed by atoms with Crippen molar-refractivity contribution in [2.45, 2.75) is 19.9 Å². The lowest BCUT2D eigenvalue weighted by molar-refractivity contribution is 0.102. The number of carbonyl (C=O) groups is 1. The van der Waals surface area contributed by atoms with Crippen LogP contribution in [0.4, 0.5) is 0 Å². The Morgan fingerprint density at radius 2 is 2.11 bits per heavy atom. The summed E-state index contributed by atoms with van der Waals surface area (Å²) in [6.45, 7) is 2.29. The van der Waals surface area contributed by atoms with Crippen LogP contribution in [0.25, 0.3) is 0 Å². The SMILES string of the molecule is Cc1cn(CCC#N)c(C(=O)c2ccc(Cl)cc2)n1. The van der Waals surface area contributed by atoms with Gasteiger partial charge >= 0.3 is 0 Å². The molecule has 0 aliphatic heterocycles. The van der Waals surface area contributed by atoms with E-state index < -0.39 is 0 Å². The van der Waals surface area contributed by atoms with E-state index in [0.29, 0.717) is 29.4 Å². The zero-order valence-corrected chi connectivity index (χ0v) is 11.2. The van der Waals surface area contributed by atoms with E-state index in [1.165, 1.54) is 0 Å². The predicted molar refractivity (Wildman–Crippen MR) is 72.1 cm³/mol. The van der Waals surface area contributed by atoms with Gasteiger partial charge in [0.25, 0.3) is 0 Å². The average Bonchev–Trinajstić information content (AvgIpc) is 2.77. The number of halogens is 1. The van der Waals surface area contributed by atoms with Crippen LogP contribution in [0.3, 0.4) is 0 Å². The highest BCUT2D eigenvalue weighted by Crippen LogP contribution is 2.14. The van der Waals surface area contributed by atoms with Gasteiger partial charge in [0, 0.05) is 23.3 Å². The van der Waals surface area contributed by atoms with Gasteiger partial charge in [0.1, 0.15) is 0 Å². The standard InChI is InChI=1S/C14H12ClN3O/c1-10-9-18(8-2-7-16)14(17-10)13(19)11-3-5-12(15)6-4-11/h3-6,9H,2,8H2,1H3. The Hall–Kier alpha value is -2.12. The van der Waals surface area contributed by atoms with E-state index in [9.17, 15) is 4.79 Å². The highest BCUT2D eigenvalue weighted by atomic mass is 35.5. The maximum atomic E-state index is 12.3. The summed E-state index contributed by atoms with van der Waals surface area (Å²) >= 11 is 5.80. The zero-order valence-electron chi connectivity index (χ0n) is 10.4. The van der Waals surface area contributed by atoms with Crippen LogP contribution >= 0.6 is 11.6 Å². The monoisotopic (exact) mass is 273 g/mol. The Morgan fingerprint density at radius 3 is 2.74 bits per heavy atom. The molecule has 1 aromatic carbocycles. The molecule has 5 heteroatoms. The lowest BCUT2D eigenvalue weighted by atomic mass is 10.1. The second-order valence-electron chi connectivity index (χ2n) is 4.14. The van der Waals surface area contributed by atoms with Crippen molar-refractivity contribution in [3.05, 3.63) is 52.6 Å². The van der Waals surface area contributed by atoms with E-state index in [0.717, 1.165) is 5.69 Å². The fourth-order valence-electron chi connectivity index (χ4n) is 1.80. The van der Waals surface area contributed by atoms with Gasteiger partial charge in [0.2, 0.25) is 5.78 Å². The molecule has 0 radical (unpaired) electrons. The third-order valence-electron chi connectivity index (χ3n) is 2.67. The first kappa shape index (κ1) is 13.3. The summed E-state index contributed by atoms with van der Waals surface area (Å²) < 4.78 is 1.72. The third-order valence-corrected chi connectivity index (χ3v) is 2.92. The number of aromatic nitrogens is 2. The van der Waals surface area contributed by atoms with Gasteiger partial charge < -0.3 is 4.57 Å². The number of benzene rings is 1. The number of hydrogen-bond donors (Lipinski definition) is 0. The molecule has 0 N–H and O–H groups in total. The fourth-order valence-corrected chi connectivity index (χ4v) is 1.93. The van der Waals surface area contributed by atoms with Crippen molar-refractivity contribution in [1.29, 1.82) is 5.26 Å². The number of imidazole rings is 1. The first-order chi connectivity index (χ1) is 9.11. The maximum absolute atomic E-state index is 12.3. The summed E-state index contributed by atoms with van der Waals surface area (Å²) in [5.41, 5.74) is 1.29. The Morgan fingerprint density at radius 1 is 1.42 bits per heavy atom. The van der Waals surface area contributed by atoms with Crippen molar-refractivity contribution in [3.63, 3.8) is 0 Å². The minimum Gasteiger partial charge on any atom is -0.327 e. The molecule has 1 aromatic heterocycles. The summed E-state index contributed by atoms with van der Waals surface area (Å²) in [4.78, 5) is 16.6. The topological polar surface area (TPSA) is 58.7 Å². The first-order valence-electron chi connectivity index (χ1n) is 5.83. The third kappa shape index (κ3) is 3.01. The zero-order chi connectivity index (χ0) is 13.8. The molecule has 0 spiro atoms. The van der Waals surface area contributed by atoms with Gasteiger partial charge in [-0.1, -0.05) is 11.6 Å². The first-order valence-corrected chi connectivity index (χ1v) is 6.20. The highest BCUT2D eigenvalue weighted by molar-refractivity contribution is 6.30. The molecule has 1 heterocycles. The molecule has 0 amide bonds. The summed E-state index contributed by atoms with van der Waals surface area (Å²) in [6.07, 6.45) is 2.12. The molecule has 2 aromatic rings. The minimum absolute atomic E-state index is 0.164. The van der Waals surface area contributed by atoms with Crippen LogP contribution in [0.2, 0.25) is 5.02 Å². The van der Waals surface area contributed by atoms with E-state index >= 15 is 0 Å². The molecule has 0 saturated heterocycles. The van der Waals surface area contributed by atoms with E-state index in [1.54, 1.807) is 35.0 Å². The molecule has 4 nitrogen and oxygen atoms in total. The molecule has 19 heavy (non-hydrogen) atoms. The Kier molecular flexibility index (Phi) is 3.98. The van der Waals surface area contributed by atoms with E-state index in [2.05, 4.69) is 11.1 Å². The summed E-state index contributed by atoms with van der Waals surface area (Å²) in [6, 6.07) is 8.74. The Labute approximate surface area is 116 Å². The van der Waals surface area contributed by atoms with Crippen LogP contribution in [0, 0.1) is 18.3 Å². The predicted octanol–water partition coefficient (Wildman–Crippen LogP) is 2.99. The number of rotatable bonds is 4. The molecule has 0 atom stereocenters. The van der Waals surface area contributed by atoms with Crippen LogP contribution in [-0.4, -0.2) is 15.3 Å². The van der Waals surface area contributed by atoms with Gasteiger partial charge in [-0.2, -0.15) is 5.26 Å². The second kappa shape index (κ2) is 5.68. The van der Waals surface area contributed by atoms with E-state index in [4.69, 9.17) is 16.9 Å². The van der Waals surface area contributed by atoms with Crippen molar-refractivity contribution in [2.24, 2.45) is 0 Å². The Bertz CT molecular complexity index is 638. The van der Waals surface area contributed by atoms with Crippen molar-refractivity contribution in [1.82, 2.24) is 9.55 Å². The summed E-state index contributed by atoms with van der Waals surface area (Å²) in [5.74, 6) is 0.192. The normalized spacial score (nSPS) is 10.2. The number of nitrogens with zero attached hydrogens (tertiary/aromatic N) is 3. The lowest BCUT2D eigenvalue weighted by Gasteiger charge is -2.04. The van der Waals surface area contributed by atoms with Gasteiger partial charge in [-0.25, -0.2) is 4.98 Å². The number of nitriles is 1. The number of hydrogen-bond acceptors (Lipinski definition) is 3. The molecule has 0 aliphatic rings. The van der Waals surface area contributed by atoms with Gasteiger partial charge in [0.15, 0.2) is 5.82 Å². The Balaban J connectivity index is 2.33. The largest absolute Gasteiger partial charge is 0.327 e. The molecule has 0 bridgehead atoms. The van der Waals surface area contributed by atoms with Gasteiger partial charge in [0.05, 0.1) is 18.2 Å². The number of aryl methyl sites for hydroxylation is 2. The average molecular weight is 274 g/mol. The second-order valence-corrected chi connectivity index (χ2v) is 4.58. The molecule has 0 unspecified atom stereocenters. The molecule has 2 rings (SSSR count). The number of ketones is 1. The van der Waals surface area contributed by atoms with Crippen LogP contribution in [-0.2, 0) is 6.54 Å². The smallest absolute Gasteiger partial charge is 0.228 e. The van der Waals surface area contributed by atoms with Gasteiger partial charge in [-0.15, -0.1) is 0 Å². The quantitative estimate of drug-likeness (QED) is 0.805. The van der Waals surface area contributed by atoms with E-state index in [1.807, 2.05) is 6.92 Å². The molecule has 0 aliphatic carbocycles.